The van der Waals surface area contributed by atoms with Crippen LogP contribution in [0.2, 0.25) is 0 Å². The summed E-state index contributed by atoms with van der Waals surface area (Å²) in [6.07, 6.45) is 0. The molecule has 0 aliphatic carbocycles. The molecule has 0 aromatic heterocycles. The van der Waals surface area contributed by atoms with Crippen molar-refractivity contribution in [1.29, 1.82) is 0 Å². The molecule has 3 N–H and O–H groups in total. The Morgan fingerprint density at radius 3 is 2.94 bits per heavy atom. The maximum atomic E-state index is 10.2. The van der Waals surface area contributed by atoms with Crippen LogP contribution in [0.25, 0.3) is 0 Å². The van der Waals surface area contributed by atoms with Crippen molar-refractivity contribution < 1.29 is 14.6 Å². The molecule has 0 bridgehead atoms. The zero-order chi connectivity index (χ0) is 11.7. The number of rotatable bonds is 1. The first kappa shape index (κ1) is 10.2. The lowest BCUT2D eigenvalue weighted by Crippen LogP contribution is -2.60. The summed E-state index contributed by atoms with van der Waals surface area (Å²) in [5.74, 6) is 0.0768. The van der Waals surface area contributed by atoms with Gasteiger partial charge in [-0.25, -0.2) is 0 Å². The van der Waals surface area contributed by atoms with Gasteiger partial charge in [0.1, 0.15) is 0 Å². The van der Waals surface area contributed by atoms with Crippen molar-refractivity contribution >= 4 is 5.96 Å². The monoisotopic (exact) mass is 235 g/mol. The summed E-state index contributed by atoms with van der Waals surface area (Å²) in [6.45, 7) is 1.45. The number of benzene rings is 1. The van der Waals surface area contributed by atoms with E-state index in [4.69, 9.17) is 9.47 Å². The van der Waals surface area contributed by atoms with E-state index in [9.17, 15) is 5.11 Å². The lowest BCUT2D eigenvalue weighted by Gasteiger charge is -2.34. The molecule has 2 heterocycles. The minimum atomic E-state index is -1.58. The molecule has 2 aliphatic heterocycles. The van der Waals surface area contributed by atoms with Crippen molar-refractivity contribution in [2.45, 2.75) is 5.91 Å². The number of aliphatic hydroxyl groups is 1. The van der Waals surface area contributed by atoms with Gasteiger partial charge in [-0.1, -0.05) is 12.1 Å². The van der Waals surface area contributed by atoms with E-state index in [1.807, 2.05) is 12.1 Å². The van der Waals surface area contributed by atoms with Crippen molar-refractivity contribution in [3.8, 4) is 11.5 Å². The number of fused-ring (bicyclic) bond motifs is 1. The Morgan fingerprint density at radius 1 is 1.35 bits per heavy atom. The highest BCUT2D eigenvalue weighted by Crippen LogP contribution is 2.32. The zero-order valence-electron chi connectivity index (χ0n) is 9.14. The predicted octanol–water partition coefficient (Wildman–Crippen LogP) is -0.347. The van der Waals surface area contributed by atoms with Gasteiger partial charge in [0.05, 0.1) is 6.54 Å². The van der Waals surface area contributed by atoms with E-state index in [-0.39, 0.29) is 6.61 Å². The van der Waals surface area contributed by atoms with Crippen molar-refractivity contribution in [3.63, 3.8) is 0 Å². The standard InChI is InChI=1S/C11H13N3O3/c15-11(14-10-12-5-6-13-10)7-16-8-3-1-2-4-9(8)17-11/h1-4,15H,5-7H2,(H2,12,13,14). The lowest BCUT2D eigenvalue weighted by atomic mass is 10.3. The second kappa shape index (κ2) is 3.81. The summed E-state index contributed by atoms with van der Waals surface area (Å²) in [5, 5.41) is 16.0. The smallest absolute Gasteiger partial charge is 0.328 e. The molecule has 6 heteroatoms. The van der Waals surface area contributed by atoms with E-state index in [1.165, 1.54) is 0 Å². The first-order chi connectivity index (χ1) is 8.25. The first-order valence-electron chi connectivity index (χ1n) is 5.45. The predicted molar refractivity (Wildman–Crippen MR) is 61.0 cm³/mol. The molecule has 3 rings (SSSR count). The lowest BCUT2D eigenvalue weighted by molar-refractivity contribution is -0.185. The SMILES string of the molecule is OC1(NC2=NCCN2)COc2ccccc2O1. The molecule has 0 radical (unpaired) electrons. The van der Waals surface area contributed by atoms with Crippen LogP contribution in [0.4, 0.5) is 0 Å². The van der Waals surface area contributed by atoms with Crippen molar-refractivity contribution in [1.82, 2.24) is 10.6 Å². The molecule has 1 atom stereocenters. The molecular formula is C11H13N3O3. The van der Waals surface area contributed by atoms with Crippen molar-refractivity contribution in [2.24, 2.45) is 4.99 Å². The van der Waals surface area contributed by atoms with E-state index >= 15 is 0 Å². The Bertz CT molecular complexity index is 463. The highest BCUT2D eigenvalue weighted by atomic mass is 16.7. The Hall–Kier alpha value is -1.95. The van der Waals surface area contributed by atoms with Gasteiger partial charge in [0.2, 0.25) is 0 Å². The number of hydrogen-bond acceptors (Lipinski definition) is 6. The van der Waals surface area contributed by atoms with Crippen LogP contribution in [0.3, 0.4) is 0 Å². The van der Waals surface area contributed by atoms with Crippen LogP contribution < -0.4 is 20.1 Å². The minimum absolute atomic E-state index is 0.00468. The molecule has 0 saturated heterocycles. The third-order valence-corrected chi connectivity index (χ3v) is 2.54. The molecule has 0 spiro atoms. The van der Waals surface area contributed by atoms with Gasteiger partial charge in [0, 0.05) is 6.54 Å². The molecule has 1 aromatic rings. The van der Waals surface area contributed by atoms with E-state index in [2.05, 4.69) is 15.6 Å². The number of para-hydroxylation sites is 2. The molecule has 0 amide bonds. The number of nitrogens with zero attached hydrogens (tertiary/aromatic N) is 1. The normalized spacial score (nSPS) is 26.1. The van der Waals surface area contributed by atoms with Crippen LogP contribution in [0.5, 0.6) is 11.5 Å². The minimum Gasteiger partial charge on any atom is -0.481 e. The highest BCUT2D eigenvalue weighted by Gasteiger charge is 2.37. The van der Waals surface area contributed by atoms with Gasteiger partial charge in [-0.05, 0) is 12.1 Å². The maximum Gasteiger partial charge on any atom is 0.328 e. The average molecular weight is 235 g/mol. The molecule has 0 fully saturated rings. The second-order valence-corrected chi connectivity index (χ2v) is 3.90. The molecule has 1 aromatic carbocycles. The summed E-state index contributed by atoms with van der Waals surface area (Å²) in [5.41, 5.74) is 0. The second-order valence-electron chi connectivity index (χ2n) is 3.90. The van der Waals surface area contributed by atoms with Crippen molar-refractivity contribution in [3.05, 3.63) is 24.3 Å². The van der Waals surface area contributed by atoms with Crippen LogP contribution in [0.1, 0.15) is 0 Å². The number of hydrogen-bond donors (Lipinski definition) is 3. The molecule has 0 saturated carbocycles. The van der Waals surface area contributed by atoms with Crippen molar-refractivity contribution in [2.75, 3.05) is 19.7 Å². The van der Waals surface area contributed by atoms with Gasteiger partial charge >= 0.3 is 5.91 Å². The van der Waals surface area contributed by atoms with Crippen LogP contribution in [-0.2, 0) is 0 Å². The molecule has 6 nitrogen and oxygen atoms in total. The molecule has 17 heavy (non-hydrogen) atoms. The molecule has 2 aliphatic rings. The highest BCUT2D eigenvalue weighted by molar-refractivity contribution is 5.81. The largest absolute Gasteiger partial charge is 0.481 e. The quantitative estimate of drug-likeness (QED) is 0.580. The molecule has 1 unspecified atom stereocenters. The van der Waals surface area contributed by atoms with Gasteiger partial charge in [-0.3, -0.25) is 10.3 Å². The van der Waals surface area contributed by atoms with Gasteiger partial charge in [-0.2, -0.15) is 0 Å². The Labute approximate surface area is 98.3 Å². The average Bonchev–Trinajstić information content (AvgIpc) is 2.81. The number of guanidine groups is 1. The van der Waals surface area contributed by atoms with Gasteiger partial charge in [0.15, 0.2) is 24.1 Å². The van der Waals surface area contributed by atoms with Crippen LogP contribution in [-0.4, -0.2) is 36.7 Å². The summed E-state index contributed by atoms with van der Waals surface area (Å²) >= 11 is 0. The summed E-state index contributed by atoms with van der Waals surface area (Å²) in [7, 11) is 0. The van der Waals surface area contributed by atoms with E-state index in [0.717, 1.165) is 6.54 Å². The van der Waals surface area contributed by atoms with Crippen LogP contribution in [0.15, 0.2) is 29.3 Å². The van der Waals surface area contributed by atoms with Gasteiger partial charge in [0.25, 0.3) is 0 Å². The van der Waals surface area contributed by atoms with Gasteiger partial charge in [-0.15, -0.1) is 0 Å². The summed E-state index contributed by atoms with van der Waals surface area (Å²) in [4.78, 5) is 4.13. The van der Waals surface area contributed by atoms with E-state index in [1.54, 1.807) is 12.1 Å². The molecular weight excluding hydrogens is 222 g/mol. The third-order valence-electron chi connectivity index (χ3n) is 2.54. The Kier molecular flexibility index (Phi) is 2.29. The van der Waals surface area contributed by atoms with Crippen LogP contribution in [0, 0.1) is 0 Å². The fraction of sp³-hybridized carbons (Fsp3) is 0.364. The number of nitrogens with one attached hydrogen (secondary N) is 2. The fourth-order valence-electron chi connectivity index (χ4n) is 1.77. The summed E-state index contributed by atoms with van der Waals surface area (Å²) < 4.78 is 10.9. The first-order valence-corrected chi connectivity index (χ1v) is 5.45. The number of ether oxygens (including phenoxy) is 2. The summed E-state index contributed by atoms with van der Waals surface area (Å²) in [6, 6.07) is 7.20. The molecule has 90 valence electrons. The van der Waals surface area contributed by atoms with E-state index < -0.39 is 5.91 Å². The third kappa shape index (κ3) is 1.99. The topological polar surface area (TPSA) is 75.1 Å². The number of aliphatic imine (C=N–C) groups is 1. The van der Waals surface area contributed by atoms with E-state index in [0.29, 0.717) is 24.0 Å². The maximum absolute atomic E-state index is 10.2. The Balaban J connectivity index is 1.77. The van der Waals surface area contributed by atoms with Crippen LogP contribution >= 0.6 is 0 Å². The Morgan fingerprint density at radius 2 is 2.18 bits per heavy atom. The fourth-order valence-corrected chi connectivity index (χ4v) is 1.77. The van der Waals surface area contributed by atoms with Gasteiger partial charge < -0.3 is 19.9 Å². The zero-order valence-corrected chi connectivity index (χ0v) is 9.14.